The normalized spacial score (nSPS) is 13.7. The van der Waals surface area contributed by atoms with Gasteiger partial charge in [0.2, 0.25) is 0 Å². The third-order valence-electron chi connectivity index (χ3n) is 5.12. The van der Waals surface area contributed by atoms with Crippen molar-refractivity contribution in [3.63, 3.8) is 0 Å². The molecule has 11 heteroatoms. The fourth-order valence-corrected chi connectivity index (χ4v) is 3.88. The molecule has 3 heterocycles. The monoisotopic (exact) mass is 472 g/mol. The van der Waals surface area contributed by atoms with Gasteiger partial charge in [0.05, 0.1) is 33.6 Å². The lowest BCUT2D eigenvalue weighted by molar-refractivity contribution is -0.274. The van der Waals surface area contributed by atoms with E-state index in [2.05, 4.69) is 14.8 Å². The summed E-state index contributed by atoms with van der Waals surface area (Å²) in [4.78, 5) is 31.6. The lowest BCUT2D eigenvalue weighted by Crippen LogP contribution is -2.29. The molecule has 5 rings (SSSR count). The van der Waals surface area contributed by atoms with Crippen molar-refractivity contribution in [2.24, 2.45) is 0 Å². The average Bonchev–Trinajstić information content (AvgIpc) is 3.22. The fourth-order valence-electron chi connectivity index (χ4n) is 3.75. The number of amides is 2. The van der Waals surface area contributed by atoms with Crippen LogP contribution in [0.3, 0.4) is 0 Å². The Kier molecular flexibility index (Phi) is 4.64. The highest BCUT2D eigenvalue weighted by Gasteiger charge is 2.40. The molecule has 0 atom stereocenters. The van der Waals surface area contributed by atoms with Crippen LogP contribution in [0.4, 0.5) is 18.9 Å². The lowest BCUT2D eigenvalue weighted by atomic mass is 10.1. The smallest absolute Gasteiger partial charge is 0.406 e. The Labute approximate surface area is 189 Å². The summed E-state index contributed by atoms with van der Waals surface area (Å²) in [5.74, 6) is -1.43. The third-order valence-corrected chi connectivity index (χ3v) is 5.37. The number of carbonyl (C=O) groups is 2. The molecule has 0 spiro atoms. The van der Waals surface area contributed by atoms with Gasteiger partial charge in [0, 0.05) is 11.2 Å². The van der Waals surface area contributed by atoms with Crippen LogP contribution in [-0.2, 0) is 0 Å². The Bertz CT molecular complexity index is 1430. The maximum absolute atomic E-state index is 13.3. The molecule has 2 aromatic carbocycles. The predicted molar refractivity (Wildman–Crippen MR) is 113 cm³/mol. The van der Waals surface area contributed by atoms with E-state index in [1.165, 1.54) is 23.0 Å². The van der Waals surface area contributed by atoms with Gasteiger partial charge in [0.25, 0.3) is 11.8 Å². The first-order valence-electron chi connectivity index (χ1n) is 9.53. The number of hydrogen-bond donors (Lipinski definition) is 0. The lowest BCUT2D eigenvalue weighted by Gasteiger charge is -2.13. The number of imide groups is 1. The van der Waals surface area contributed by atoms with Crippen molar-refractivity contribution in [3.05, 3.63) is 76.6 Å². The van der Waals surface area contributed by atoms with Gasteiger partial charge >= 0.3 is 6.36 Å². The molecule has 0 saturated heterocycles. The second-order valence-corrected chi connectivity index (χ2v) is 7.64. The fraction of sp³-hybridized carbons (Fsp3) is 0.0909. The molecular weight excluding hydrogens is 461 g/mol. The molecule has 0 aliphatic carbocycles. The minimum atomic E-state index is -4.80. The van der Waals surface area contributed by atoms with Crippen LogP contribution in [0.25, 0.3) is 16.7 Å². The predicted octanol–water partition coefficient (Wildman–Crippen LogP) is 5.08. The van der Waals surface area contributed by atoms with E-state index >= 15 is 0 Å². The van der Waals surface area contributed by atoms with Crippen molar-refractivity contribution in [2.75, 3.05) is 4.90 Å². The van der Waals surface area contributed by atoms with E-state index in [4.69, 9.17) is 11.6 Å². The molecule has 166 valence electrons. The van der Waals surface area contributed by atoms with Gasteiger partial charge in [0.1, 0.15) is 5.75 Å². The number of ether oxygens (including phenoxy) is 1. The first-order chi connectivity index (χ1) is 15.6. The van der Waals surface area contributed by atoms with Crippen LogP contribution in [0.2, 0.25) is 5.02 Å². The quantitative estimate of drug-likeness (QED) is 0.388. The van der Waals surface area contributed by atoms with Crippen LogP contribution in [0, 0.1) is 6.92 Å². The number of anilines is 1. The summed E-state index contributed by atoms with van der Waals surface area (Å²) in [5, 5.41) is 5.25. The molecule has 2 aromatic heterocycles. The first kappa shape index (κ1) is 21.0. The Morgan fingerprint density at radius 3 is 2.21 bits per heavy atom. The Morgan fingerprint density at radius 2 is 1.58 bits per heavy atom. The minimum absolute atomic E-state index is 0.138. The SMILES string of the molecule is Cc1nn(-c2ccc(OC(F)(F)F)cc2)c2ncc3c(c12)C(=O)N(c1ccc(Cl)cc1)C3=O. The molecule has 0 unspecified atom stereocenters. The maximum Gasteiger partial charge on any atom is 0.573 e. The maximum atomic E-state index is 13.3. The largest absolute Gasteiger partial charge is 0.573 e. The second-order valence-electron chi connectivity index (χ2n) is 7.21. The average molecular weight is 473 g/mol. The van der Waals surface area contributed by atoms with E-state index in [1.54, 1.807) is 31.2 Å². The molecule has 0 saturated carbocycles. The van der Waals surface area contributed by atoms with E-state index in [-0.39, 0.29) is 22.5 Å². The van der Waals surface area contributed by atoms with E-state index < -0.39 is 18.2 Å². The molecule has 2 amide bonds. The van der Waals surface area contributed by atoms with Crippen molar-refractivity contribution in [2.45, 2.75) is 13.3 Å². The molecule has 0 N–H and O–H groups in total. The van der Waals surface area contributed by atoms with Crippen LogP contribution in [-0.4, -0.2) is 32.9 Å². The minimum Gasteiger partial charge on any atom is -0.406 e. The van der Waals surface area contributed by atoms with E-state index in [9.17, 15) is 22.8 Å². The second kappa shape index (κ2) is 7.31. The van der Waals surface area contributed by atoms with Crippen molar-refractivity contribution >= 4 is 40.1 Å². The molecule has 0 fully saturated rings. The number of nitrogens with zero attached hydrogens (tertiary/aromatic N) is 4. The van der Waals surface area contributed by atoms with Crippen LogP contribution in [0.1, 0.15) is 26.4 Å². The van der Waals surface area contributed by atoms with Crippen molar-refractivity contribution in [3.8, 4) is 11.4 Å². The van der Waals surface area contributed by atoms with E-state index in [1.807, 2.05) is 0 Å². The topological polar surface area (TPSA) is 77.3 Å². The van der Waals surface area contributed by atoms with Crippen LogP contribution >= 0.6 is 11.6 Å². The summed E-state index contributed by atoms with van der Waals surface area (Å²) >= 11 is 5.91. The molecule has 0 bridgehead atoms. The van der Waals surface area contributed by atoms with Gasteiger partial charge in [-0.3, -0.25) is 9.59 Å². The van der Waals surface area contributed by atoms with E-state index in [0.29, 0.717) is 27.5 Å². The third kappa shape index (κ3) is 3.48. The van der Waals surface area contributed by atoms with Crippen LogP contribution < -0.4 is 9.64 Å². The number of rotatable bonds is 3. The van der Waals surface area contributed by atoms with Gasteiger partial charge in [-0.2, -0.15) is 5.10 Å². The summed E-state index contributed by atoms with van der Waals surface area (Å²) in [6.45, 7) is 1.66. The van der Waals surface area contributed by atoms with Gasteiger partial charge in [-0.15, -0.1) is 13.2 Å². The molecule has 33 heavy (non-hydrogen) atoms. The van der Waals surface area contributed by atoms with Gasteiger partial charge in [-0.25, -0.2) is 14.6 Å². The van der Waals surface area contributed by atoms with Crippen LogP contribution in [0.5, 0.6) is 5.75 Å². The number of pyridine rings is 1. The molecule has 4 aromatic rings. The van der Waals surface area contributed by atoms with Gasteiger partial charge in [0.15, 0.2) is 5.65 Å². The number of halogens is 4. The summed E-state index contributed by atoms with van der Waals surface area (Å²) in [6.07, 6.45) is -3.51. The molecule has 1 aliphatic rings. The first-order valence-corrected chi connectivity index (χ1v) is 9.91. The summed E-state index contributed by atoms with van der Waals surface area (Å²) in [6, 6.07) is 11.3. The molecule has 1 aliphatic heterocycles. The van der Waals surface area contributed by atoms with Crippen molar-refractivity contribution in [1.29, 1.82) is 0 Å². The Balaban J connectivity index is 1.59. The number of fused-ring (bicyclic) bond motifs is 3. The summed E-state index contributed by atoms with van der Waals surface area (Å²) < 4.78 is 42.6. The van der Waals surface area contributed by atoms with Gasteiger partial charge in [-0.05, 0) is 55.5 Å². The van der Waals surface area contributed by atoms with E-state index in [0.717, 1.165) is 17.0 Å². The standard InChI is InChI=1S/C22H12ClF3N4O3/c1-11-17-18-16(20(31)29(21(18)32)13-4-2-12(23)3-5-13)10-27-19(17)30(28-11)14-6-8-15(9-7-14)33-22(24,25)26/h2-10H,1H3. The molecule has 0 radical (unpaired) electrons. The highest BCUT2D eigenvalue weighted by molar-refractivity contribution is 6.37. The zero-order valence-electron chi connectivity index (χ0n) is 16.7. The zero-order valence-corrected chi connectivity index (χ0v) is 17.5. The Hall–Kier alpha value is -3.92. The Morgan fingerprint density at radius 1 is 0.939 bits per heavy atom. The summed E-state index contributed by atoms with van der Waals surface area (Å²) in [5.41, 5.74) is 1.80. The molecule has 7 nitrogen and oxygen atoms in total. The highest BCUT2D eigenvalue weighted by Crippen LogP contribution is 2.35. The molecular formula is C22H12ClF3N4O3. The van der Waals surface area contributed by atoms with Gasteiger partial charge in [-0.1, -0.05) is 11.6 Å². The van der Waals surface area contributed by atoms with Crippen molar-refractivity contribution < 1.29 is 27.5 Å². The van der Waals surface area contributed by atoms with Crippen molar-refractivity contribution in [1.82, 2.24) is 14.8 Å². The number of alkyl halides is 3. The van der Waals surface area contributed by atoms with Gasteiger partial charge < -0.3 is 4.74 Å². The number of aromatic nitrogens is 3. The number of benzene rings is 2. The zero-order chi connectivity index (χ0) is 23.5. The highest BCUT2D eigenvalue weighted by atomic mass is 35.5. The van der Waals surface area contributed by atoms with Crippen LogP contribution in [0.15, 0.2) is 54.7 Å². The number of hydrogen-bond acceptors (Lipinski definition) is 5. The summed E-state index contributed by atoms with van der Waals surface area (Å²) in [7, 11) is 0. The number of carbonyl (C=O) groups excluding carboxylic acids is 2. The number of aryl methyl sites for hydroxylation is 1.